The van der Waals surface area contributed by atoms with Crippen molar-refractivity contribution in [3.05, 3.63) is 48.5 Å². The largest absolute Gasteiger partial charge is 0.759 e. The van der Waals surface area contributed by atoms with E-state index < -0.39 is 10.4 Å². The molecule has 9 heteroatoms. The predicted octanol–water partition coefficient (Wildman–Crippen LogP) is 1.53. The first-order chi connectivity index (χ1) is 10.7. The maximum atomic E-state index is 8.82. The van der Waals surface area contributed by atoms with E-state index in [0.29, 0.717) is 11.5 Å². The normalized spacial score (nSPS) is 9.57. The Labute approximate surface area is 135 Å². The summed E-state index contributed by atoms with van der Waals surface area (Å²) in [5.74, 6) is 0.600. The van der Waals surface area contributed by atoms with Crippen molar-refractivity contribution in [1.29, 1.82) is 0 Å². The van der Waals surface area contributed by atoms with Gasteiger partial charge < -0.3 is 30.0 Å². The second-order valence-corrected chi connectivity index (χ2v) is 4.82. The number of phenols is 2. The summed E-state index contributed by atoms with van der Waals surface area (Å²) in [6.45, 7) is 0. The average Bonchev–Trinajstić information content (AvgIpc) is 2.48. The Kier molecular flexibility index (Phi) is 9.16. The third-order valence-electron chi connectivity index (χ3n) is 2.31. The zero-order chi connectivity index (χ0) is 17.9. The van der Waals surface area contributed by atoms with Gasteiger partial charge >= 0.3 is 0 Å². The van der Waals surface area contributed by atoms with E-state index in [0.717, 1.165) is 11.4 Å². The lowest BCUT2D eigenvalue weighted by atomic mass is 10.3. The van der Waals surface area contributed by atoms with Crippen LogP contribution in [0.1, 0.15) is 0 Å². The smallest absolute Gasteiger partial charge is 0.115 e. The highest BCUT2D eigenvalue weighted by Crippen LogP contribution is 2.12. The third-order valence-corrected chi connectivity index (χ3v) is 2.31. The molecule has 0 spiro atoms. The number of hydrogen-bond donors (Lipinski definition) is 4. The summed E-state index contributed by atoms with van der Waals surface area (Å²) in [5.41, 5.74) is 2.01. The van der Waals surface area contributed by atoms with Crippen LogP contribution in [0.15, 0.2) is 48.5 Å². The molecule has 0 aromatic heterocycles. The van der Waals surface area contributed by atoms with Gasteiger partial charge in [0.2, 0.25) is 0 Å². The van der Waals surface area contributed by atoms with Gasteiger partial charge in [0.25, 0.3) is 0 Å². The third kappa shape index (κ3) is 12.9. The fraction of sp³-hybridized carbons (Fsp3) is 0.143. The van der Waals surface area contributed by atoms with E-state index in [1.54, 1.807) is 24.3 Å². The van der Waals surface area contributed by atoms with Crippen molar-refractivity contribution in [2.24, 2.45) is 0 Å². The van der Waals surface area contributed by atoms with Crippen LogP contribution in [0.25, 0.3) is 0 Å². The minimum absolute atomic E-state index is 0.300. The summed E-state index contributed by atoms with van der Waals surface area (Å²) in [4.78, 5) is 0. The first-order valence-corrected chi connectivity index (χ1v) is 7.59. The Morgan fingerprint density at radius 3 is 1.13 bits per heavy atom. The molecule has 128 valence electrons. The summed E-state index contributed by atoms with van der Waals surface area (Å²) >= 11 is 0. The van der Waals surface area contributed by atoms with Gasteiger partial charge in [-0.25, -0.2) is 0 Å². The number of rotatable bonds is 2. The highest BCUT2D eigenvalue weighted by atomic mass is 32.3. The molecule has 0 heterocycles. The van der Waals surface area contributed by atoms with Gasteiger partial charge in [0.1, 0.15) is 11.5 Å². The molecule has 2 aromatic rings. The lowest BCUT2D eigenvalue weighted by molar-refractivity contribution is 0.352. The topological polar surface area (TPSA) is 145 Å². The molecule has 4 N–H and O–H groups in total. The van der Waals surface area contributed by atoms with Gasteiger partial charge in [-0.3, -0.25) is 8.42 Å². The van der Waals surface area contributed by atoms with Crippen LogP contribution in [0.5, 0.6) is 11.5 Å². The van der Waals surface area contributed by atoms with Crippen molar-refractivity contribution in [3.63, 3.8) is 0 Å². The van der Waals surface area contributed by atoms with Crippen LogP contribution in [0.3, 0.4) is 0 Å². The van der Waals surface area contributed by atoms with E-state index in [-0.39, 0.29) is 0 Å². The van der Waals surface area contributed by atoms with Crippen molar-refractivity contribution in [1.82, 2.24) is 0 Å². The SMILES string of the molecule is CNc1ccc(O)cc1.CNc1ccc(O)cc1.O=S(=O)([O-])[O-]. The molecule has 0 aliphatic rings. The van der Waals surface area contributed by atoms with E-state index in [2.05, 4.69) is 10.6 Å². The van der Waals surface area contributed by atoms with Crippen molar-refractivity contribution < 1.29 is 27.7 Å². The molecular weight excluding hydrogens is 324 g/mol. The van der Waals surface area contributed by atoms with Crippen LogP contribution in [-0.4, -0.2) is 41.8 Å². The van der Waals surface area contributed by atoms with Crippen LogP contribution < -0.4 is 10.6 Å². The lowest BCUT2D eigenvalue weighted by Gasteiger charge is -2.06. The van der Waals surface area contributed by atoms with E-state index in [9.17, 15) is 0 Å². The van der Waals surface area contributed by atoms with Crippen molar-refractivity contribution in [3.8, 4) is 11.5 Å². The first kappa shape index (κ1) is 20.5. The number of benzene rings is 2. The molecular formula is C14H18N2O6S-2. The Bertz CT molecular complexity index is 603. The molecule has 23 heavy (non-hydrogen) atoms. The molecule has 0 aliphatic carbocycles. The van der Waals surface area contributed by atoms with Gasteiger partial charge in [-0.1, -0.05) is 0 Å². The van der Waals surface area contributed by atoms with Gasteiger partial charge in [-0.15, -0.1) is 0 Å². The van der Waals surface area contributed by atoms with Gasteiger partial charge in [0.05, 0.1) is 0 Å². The fourth-order valence-electron chi connectivity index (χ4n) is 1.26. The summed E-state index contributed by atoms with van der Waals surface area (Å²) in [6.07, 6.45) is 0. The molecule has 0 saturated carbocycles. The molecule has 0 amide bonds. The molecule has 0 fully saturated rings. The summed E-state index contributed by atoms with van der Waals surface area (Å²) < 4.78 is 34.1. The van der Waals surface area contributed by atoms with Gasteiger partial charge in [0.15, 0.2) is 0 Å². The Balaban J connectivity index is 0.000000332. The highest BCUT2D eigenvalue weighted by Gasteiger charge is 1.86. The monoisotopic (exact) mass is 342 g/mol. The van der Waals surface area contributed by atoms with Gasteiger partial charge in [0, 0.05) is 35.9 Å². The number of aromatic hydroxyl groups is 2. The summed E-state index contributed by atoms with van der Waals surface area (Å²) in [5, 5.41) is 23.5. The van der Waals surface area contributed by atoms with Crippen molar-refractivity contribution >= 4 is 21.8 Å². The van der Waals surface area contributed by atoms with Crippen LogP contribution in [0, 0.1) is 0 Å². The van der Waals surface area contributed by atoms with Crippen molar-refractivity contribution in [2.45, 2.75) is 0 Å². The molecule has 2 rings (SSSR count). The van der Waals surface area contributed by atoms with E-state index in [1.165, 1.54) is 0 Å². The van der Waals surface area contributed by atoms with E-state index in [4.69, 9.17) is 27.7 Å². The van der Waals surface area contributed by atoms with Crippen LogP contribution >= 0.6 is 0 Å². The number of phenolic OH excluding ortho intramolecular Hbond substituents is 2. The number of nitrogens with one attached hydrogen (secondary N) is 2. The minimum Gasteiger partial charge on any atom is -0.759 e. The molecule has 0 saturated heterocycles. The molecule has 0 unspecified atom stereocenters. The van der Waals surface area contributed by atoms with Crippen LogP contribution in [0.4, 0.5) is 11.4 Å². The predicted molar refractivity (Wildman–Crippen MR) is 85.8 cm³/mol. The molecule has 0 atom stereocenters. The Morgan fingerprint density at radius 1 is 0.739 bits per heavy atom. The Morgan fingerprint density at radius 2 is 0.957 bits per heavy atom. The zero-order valence-corrected chi connectivity index (χ0v) is 13.4. The first-order valence-electron chi connectivity index (χ1n) is 6.26. The van der Waals surface area contributed by atoms with Gasteiger partial charge in [-0.05, 0) is 48.5 Å². The molecule has 0 bridgehead atoms. The Hall–Kier alpha value is -2.49. The highest BCUT2D eigenvalue weighted by molar-refractivity contribution is 7.79. The van der Waals surface area contributed by atoms with Crippen molar-refractivity contribution in [2.75, 3.05) is 24.7 Å². The standard InChI is InChI=1S/2C7H9NO.H2O4S/c2*1-8-6-2-4-7(9)5-3-6;1-5(2,3)4/h2*2-5,8-9H,1H3;(H2,1,2,3,4)/p-2. The maximum absolute atomic E-state index is 8.82. The van der Waals surface area contributed by atoms with E-state index >= 15 is 0 Å². The lowest BCUT2D eigenvalue weighted by Crippen LogP contribution is -1.91. The van der Waals surface area contributed by atoms with Crippen LogP contribution in [-0.2, 0) is 10.4 Å². The molecule has 0 aliphatic heterocycles. The van der Waals surface area contributed by atoms with Crippen LogP contribution in [0.2, 0.25) is 0 Å². The zero-order valence-electron chi connectivity index (χ0n) is 12.6. The number of hydrogen-bond acceptors (Lipinski definition) is 8. The summed E-state index contributed by atoms with van der Waals surface area (Å²) in [6, 6.07) is 13.8. The number of anilines is 2. The quantitative estimate of drug-likeness (QED) is 0.365. The molecule has 8 nitrogen and oxygen atoms in total. The molecule has 0 radical (unpaired) electrons. The maximum Gasteiger partial charge on any atom is 0.115 e. The minimum atomic E-state index is -5.17. The average molecular weight is 342 g/mol. The molecule has 2 aromatic carbocycles. The second-order valence-electron chi connectivity index (χ2n) is 4.00. The van der Waals surface area contributed by atoms with Gasteiger partial charge in [-0.2, -0.15) is 0 Å². The second kappa shape index (κ2) is 10.3. The summed E-state index contributed by atoms with van der Waals surface area (Å²) in [7, 11) is -1.49. The fourth-order valence-corrected chi connectivity index (χ4v) is 1.26. The van der Waals surface area contributed by atoms with E-state index in [1.807, 2.05) is 38.4 Å².